The second-order valence-corrected chi connectivity index (χ2v) is 8.11. The van der Waals surface area contributed by atoms with E-state index >= 15 is 0 Å². The first-order valence-electron chi connectivity index (χ1n) is 7.94. The van der Waals surface area contributed by atoms with E-state index in [1.807, 2.05) is 0 Å². The molecule has 0 aliphatic heterocycles. The Morgan fingerprint density at radius 3 is 2.36 bits per heavy atom. The van der Waals surface area contributed by atoms with E-state index in [1.165, 1.54) is 12.1 Å². The van der Waals surface area contributed by atoms with Crippen LogP contribution in [0.15, 0.2) is 29.2 Å². The third kappa shape index (κ3) is 5.80. The van der Waals surface area contributed by atoms with Crippen molar-refractivity contribution in [2.24, 2.45) is 0 Å². The molecule has 0 radical (unpaired) electrons. The van der Waals surface area contributed by atoms with Crippen LogP contribution in [0.25, 0.3) is 0 Å². The van der Waals surface area contributed by atoms with E-state index in [9.17, 15) is 23.1 Å². The van der Waals surface area contributed by atoms with Gasteiger partial charge in [-0.2, -0.15) is 0 Å². The molecule has 1 fully saturated rings. The topological polar surface area (TPSA) is 133 Å². The number of amides is 1. The van der Waals surface area contributed by atoms with Crippen molar-refractivity contribution < 1.29 is 28.2 Å². The summed E-state index contributed by atoms with van der Waals surface area (Å²) in [7, 11) is -3.49. The van der Waals surface area contributed by atoms with Gasteiger partial charge in [-0.25, -0.2) is 17.9 Å². The molecule has 1 saturated carbocycles. The van der Waals surface area contributed by atoms with E-state index in [4.69, 9.17) is 5.11 Å². The van der Waals surface area contributed by atoms with Gasteiger partial charge in [0.15, 0.2) is 5.60 Å². The summed E-state index contributed by atoms with van der Waals surface area (Å²) in [6.45, 7) is 0.718. The molecule has 9 heteroatoms. The molecule has 1 aromatic carbocycles. The zero-order chi connectivity index (χ0) is 18.7. The molecule has 0 aromatic heterocycles. The fourth-order valence-corrected chi connectivity index (χ4v) is 3.32. The van der Waals surface area contributed by atoms with Gasteiger partial charge in [0.2, 0.25) is 15.9 Å². The first-order chi connectivity index (χ1) is 11.6. The summed E-state index contributed by atoms with van der Waals surface area (Å²) in [6, 6.07) is 6.31. The molecule has 8 nitrogen and oxygen atoms in total. The maximum Gasteiger partial charge on any atom is 0.337 e. The van der Waals surface area contributed by atoms with Gasteiger partial charge in [0.25, 0.3) is 0 Å². The van der Waals surface area contributed by atoms with Crippen molar-refractivity contribution in [2.45, 2.75) is 49.1 Å². The summed E-state index contributed by atoms with van der Waals surface area (Å²) in [6.07, 6.45) is 2.20. The number of aliphatic carboxylic acids is 1. The van der Waals surface area contributed by atoms with Crippen LogP contribution >= 0.6 is 0 Å². The van der Waals surface area contributed by atoms with Crippen molar-refractivity contribution in [3.63, 3.8) is 0 Å². The third-order valence-electron chi connectivity index (χ3n) is 3.86. The monoisotopic (exact) mass is 370 g/mol. The van der Waals surface area contributed by atoms with E-state index in [0.29, 0.717) is 6.42 Å². The second kappa shape index (κ2) is 7.51. The summed E-state index contributed by atoms with van der Waals surface area (Å²) in [5.74, 6) is -1.81. The number of carbonyl (C=O) groups is 2. The highest BCUT2D eigenvalue weighted by molar-refractivity contribution is 7.89. The van der Waals surface area contributed by atoms with Crippen LogP contribution in [-0.2, 0) is 26.0 Å². The molecule has 1 amide bonds. The van der Waals surface area contributed by atoms with Crippen LogP contribution in [0.4, 0.5) is 0 Å². The SMILES string of the molecule is CC(O)(CNC(=O)CCc1ccc(S(=O)(=O)NC2CC2)cc1)C(=O)O. The maximum atomic E-state index is 12.0. The second-order valence-electron chi connectivity index (χ2n) is 6.40. The summed E-state index contributed by atoms with van der Waals surface area (Å²) in [4.78, 5) is 22.6. The van der Waals surface area contributed by atoms with E-state index in [1.54, 1.807) is 12.1 Å². The zero-order valence-corrected chi connectivity index (χ0v) is 14.7. The normalized spacial score (nSPS) is 16.9. The van der Waals surface area contributed by atoms with Gasteiger partial charge >= 0.3 is 5.97 Å². The first-order valence-corrected chi connectivity index (χ1v) is 9.42. The lowest BCUT2D eigenvalue weighted by Gasteiger charge is -2.18. The van der Waals surface area contributed by atoms with Gasteiger partial charge in [-0.15, -0.1) is 0 Å². The Balaban J connectivity index is 1.83. The molecule has 0 heterocycles. The van der Waals surface area contributed by atoms with Gasteiger partial charge in [-0.1, -0.05) is 12.1 Å². The molecule has 138 valence electrons. The predicted molar refractivity (Wildman–Crippen MR) is 89.4 cm³/mol. The van der Waals surface area contributed by atoms with E-state index in [0.717, 1.165) is 25.3 Å². The Kier molecular flexibility index (Phi) is 5.81. The molecule has 25 heavy (non-hydrogen) atoms. The van der Waals surface area contributed by atoms with E-state index in [-0.39, 0.29) is 23.9 Å². The fraction of sp³-hybridized carbons (Fsp3) is 0.500. The van der Waals surface area contributed by atoms with E-state index < -0.39 is 27.5 Å². The average molecular weight is 370 g/mol. The van der Waals surface area contributed by atoms with Crippen LogP contribution in [0.5, 0.6) is 0 Å². The minimum absolute atomic E-state index is 0.0383. The average Bonchev–Trinajstić information content (AvgIpc) is 3.34. The molecule has 0 saturated heterocycles. The summed E-state index contributed by atoms with van der Waals surface area (Å²) >= 11 is 0. The van der Waals surface area contributed by atoms with Crippen LogP contribution < -0.4 is 10.0 Å². The Morgan fingerprint density at radius 2 is 1.84 bits per heavy atom. The minimum Gasteiger partial charge on any atom is -0.479 e. The smallest absolute Gasteiger partial charge is 0.337 e. The Bertz CT molecular complexity index is 738. The van der Waals surface area contributed by atoms with Crippen LogP contribution in [0, 0.1) is 0 Å². The summed E-state index contributed by atoms with van der Waals surface area (Å²) < 4.78 is 26.7. The summed E-state index contributed by atoms with van der Waals surface area (Å²) in [5.41, 5.74) is -1.23. The number of carboxylic acids is 1. The molecular formula is C16H22N2O6S. The van der Waals surface area contributed by atoms with Gasteiger partial charge in [-0.3, -0.25) is 4.79 Å². The quantitative estimate of drug-likeness (QED) is 0.484. The van der Waals surface area contributed by atoms with Crippen molar-refractivity contribution in [3.05, 3.63) is 29.8 Å². The number of carbonyl (C=O) groups excluding carboxylic acids is 1. The van der Waals surface area contributed by atoms with Crippen LogP contribution in [-0.4, -0.2) is 48.7 Å². The molecule has 2 rings (SSSR count). The van der Waals surface area contributed by atoms with Crippen molar-refractivity contribution in [1.82, 2.24) is 10.0 Å². The first kappa shape index (κ1) is 19.4. The number of benzene rings is 1. The van der Waals surface area contributed by atoms with Crippen molar-refractivity contribution in [3.8, 4) is 0 Å². The molecule has 1 aliphatic carbocycles. The highest BCUT2D eigenvalue weighted by Gasteiger charge is 2.30. The van der Waals surface area contributed by atoms with Gasteiger partial charge in [0.05, 0.1) is 11.4 Å². The van der Waals surface area contributed by atoms with E-state index in [2.05, 4.69) is 10.0 Å². The molecule has 0 spiro atoms. The fourth-order valence-electron chi connectivity index (χ4n) is 2.02. The summed E-state index contributed by atoms with van der Waals surface area (Å²) in [5, 5.41) is 20.6. The van der Waals surface area contributed by atoms with Gasteiger partial charge in [-0.05, 0) is 43.9 Å². The highest BCUT2D eigenvalue weighted by atomic mass is 32.2. The molecule has 0 bridgehead atoms. The number of nitrogens with one attached hydrogen (secondary N) is 2. The molecule has 1 aliphatic rings. The van der Waals surface area contributed by atoms with Crippen LogP contribution in [0.1, 0.15) is 31.7 Å². The number of aliphatic hydroxyl groups is 1. The largest absolute Gasteiger partial charge is 0.479 e. The zero-order valence-electron chi connectivity index (χ0n) is 13.9. The van der Waals surface area contributed by atoms with Crippen molar-refractivity contribution >= 4 is 21.9 Å². The van der Waals surface area contributed by atoms with Crippen molar-refractivity contribution in [2.75, 3.05) is 6.54 Å². The van der Waals surface area contributed by atoms with Crippen molar-refractivity contribution in [1.29, 1.82) is 0 Å². The Hall–Kier alpha value is -1.97. The number of hydrogen-bond donors (Lipinski definition) is 4. The number of rotatable bonds is 9. The standard InChI is InChI=1S/C16H22N2O6S/c1-16(22,15(20)21)10-17-14(19)9-4-11-2-7-13(8-3-11)25(23,24)18-12-5-6-12/h2-3,7-8,12,18,22H,4-6,9-10H2,1H3,(H,17,19)(H,20,21). The van der Waals surface area contributed by atoms with Gasteiger partial charge in [0, 0.05) is 12.5 Å². The van der Waals surface area contributed by atoms with Gasteiger partial charge < -0.3 is 15.5 Å². The molecule has 1 aromatic rings. The molecule has 1 unspecified atom stereocenters. The third-order valence-corrected chi connectivity index (χ3v) is 5.40. The van der Waals surface area contributed by atoms with Crippen LogP contribution in [0.2, 0.25) is 0 Å². The number of aryl methyl sites for hydroxylation is 1. The molecule has 1 atom stereocenters. The lowest BCUT2D eigenvalue weighted by Crippen LogP contribution is -2.46. The number of sulfonamides is 1. The minimum atomic E-state index is -3.49. The highest BCUT2D eigenvalue weighted by Crippen LogP contribution is 2.22. The molecule has 4 N–H and O–H groups in total. The lowest BCUT2D eigenvalue weighted by molar-refractivity contribution is -0.156. The lowest BCUT2D eigenvalue weighted by atomic mass is 10.1. The number of carboxylic acid groups (broad SMARTS) is 1. The Morgan fingerprint density at radius 1 is 1.24 bits per heavy atom. The molecular weight excluding hydrogens is 348 g/mol. The van der Waals surface area contributed by atoms with Crippen LogP contribution in [0.3, 0.4) is 0 Å². The number of hydrogen-bond acceptors (Lipinski definition) is 5. The van der Waals surface area contributed by atoms with Gasteiger partial charge in [0.1, 0.15) is 0 Å². The Labute approximate surface area is 146 Å². The maximum absolute atomic E-state index is 12.0. The predicted octanol–water partition coefficient (Wildman–Crippen LogP) is 0.0117.